The van der Waals surface area contributed by atoms with Crippen molar-refractivity contribution in [1.29, 1.82) is 0 Å². The molecule has 0 aliphatic carbocycles. The van der Waals surface area contributed by atoms with E-state index < -0.39 is 0 Å². The van der Waals surface area contributed by atoms with Crippen molar-refractivity contribution in [3.05, 3.63) is 95.6 Å². The molecule has 3 aromatic rings. The van der Waals surface area contributed by atoms with Crippen LogP contribution >= 0.6 is 11.9 Å². The van der Waals surface area contributed by atoms with Crippen LogP contribution in [-0.2, 0) is 6.42 Å². The van der Waals surface area contributed by atoms with Gasteiger partial charge in [-0.15, -0.1) is 0 Å². The van der Waals surface area contributed by atoms with Gasteiger partial charge in [0, 0.05) is 17.0 Å². The lowest BCUT2D eigenvalue weighted by atomic mass is 10.0. The van der Waals surface area contributed by atoms with Crippen molar-refractivity contribution in [1.82, 2.24) is 0 Å². The smallest absolute Gasteiger partial charge is 0.159 e. The molecule has 0 bridgehead atoms. The van der Waals surface area contributed by atoms with Crippen LogP contribution in [0.15, 0.2) is 83.8 Å². The van der Waals surface area contributed by atoms with Gasteiger partial charge in [0.2, 0.25) is 0 Å². The Morgan fingerprint density at radius 2 is 1.54 bits per heavy atom. The van der Waals surface area contributed by atoms with Crippen molar-refractivity contribution in [2.45, 2.75) is 25.2 Å². The predicted molar refractivity (Wildman–Crippen MR) is 111 cm³/mol. The van der Waals surface area contributed by atoms with Crippen LogP contribution in [0.5, 0.6) is 0 Å². The highest BCUT2D eigenvalue weighted by molar-refractivity contribution is 8.00. The van der Waals surface area contributed by atoms with E-state index in [1.807, 2.05) is 30.3 Å². The molecule has 0 radical (unpaired) electrons. The van der Waals surface area contributed by atoms with Crippen molar-refractivity contribution in [2.75, 3.05) is 10.8 Å². The number of benzene rings is 3. The molecule has 0 fully saturated rings. The van der Waals surface area contributed by atoms with Crippen molar-refractivity contribution in [3.8, 4) is 0 Å². The van der Waals surface area contributed by atoms with Gasteiger partial charge in [-0.3, -0.25) is 4.79 Å². The fraction of sp³-hybridized carbons (Fsp3) is 0.174. The van der Waals surface area contributed by atoms with Gasteiger partial charge in [-0.2, -0.15) is 0 Å². The Hall–Kier alpha value is -2.52. The van der Waals surface area contributed by atoms with E-state index in [2.05, 4.69) is 59.8 Å². The third kappa shape index (κ3) is 4.55. The topological polar surface area (TPSA) is 20.3 Å². The number of Topliss-reactive ketones (excluding diaryl/α,β-unsaturated/α-hetero) is 1. The van der Waals surface area contributed by atoms with E-state index in [1.54, 1.807) is 18.9 Å². The summed E-state index contributed by atoms with van der Waals surface area (Å²) in [7, 11) is 0. The summed E-state index contributed by atoms with van der Waals surface area (Å²) in [6, 6.07) is 26.9. The van der Waals surface area contributed by atoms with Gasteiger partial charge in [0.05, 0.1) is 5.69 Å². The molecule has 0 saturated carbocycles. The highest BCUT2D eigenvalue weighted by atomic mass is 32.2. The quantitative estimate of drug-likeness (QED) is 0.379. The monoisotopic (exact) mass is 361 g/mol. The Labute approximate surface area is 160 Å². The third-order valence-electron chi connectivity index (χ3n) is 4.26. The second-order valence-electron chi connectivity index (χ2n) is 6.16. The minimum atomic E-state index is 0.0992. The summed E-state index contributed by atoms with van der Waals surface area (Å²) in [6.07, 6.45) is 0.914. The van der Waals surface area contributed by atoms with Gasteiger partial charge in [0.1, 0.15) is 0 Å². The standard InChI is InChI=1S/C23H23NOS/c1-3-24(26-22-15-13-20(14-16-22)18(2)25)23-12-8-7-11-21(23)17-19-9-5-4-6-10-19/h4-16H,3,17H2,1-2H3. The SMILES string of the molecule is CCN(Sc1ccc(C(C)=O)cc1)c1ccccc1Cc1ccccc1. The molecule has 0 spiro atoms. The molecule has 3 rings (SSSR count). The number of anilines is 1. The lowest BCUT2D eigenvalue weighted by Crippen LogP contribution is -2.15. The largest absolute Gasteiger partial charge is 0.312 e. The zero-order valence-electron chi connectivity index (χ0n) is 15.2. The van der Waals surface area contributed by atoms with Gasteiger partial charge in [-0.05, 0) is 61.5 Å². The molecule has 0 unspecified atom stereocenters. The molecule has 0 saturated heterocycles. The normalized spacial score (nSPS) is 10.5. The number of nitrogens with zero attached hydrogens (tertiary/aromatic N) is 1. The number of hydrogen-bond acceptors (Lipinski definition) is 3. The van der Waals surface area contributed by atoms with Crippen LogP contribution in [0.2, 0.25) is 0 Å². The van der Waals surface area contributed by atoms with E-state index in [-0.39, 0.29) is 5.78 Å². The summed E-state index contributed by atoms with van der Waals surface area (Å²) in [5.74, 6) is 0.0992. The first kappa shape index (κ1) is 18.3. The first-order chi connectivity index (χ1) is 12.7. The molecular weight excluding hydrogens is 338 g/mol. The van der Waals surface area contributed by atoms with E-state index >= 15 is 0 Å². The Morgan fingerprint density at radius 3 is 2.19 bits per heavy atom. The third-order valence-corrected chi connectivity index (χ3v) is 5.42. The lowest BCUT2D eigenvalue weighted by molar-refractivity contribution is 0.101. The van der Waals surface area contributed by atoms with Crippen LogP contribution in [0, 0.1) is 0 Å². The van der Waals surface area contributed by atoms with Crippen molar-refractivity contribution < 1.29 is 4.79 Å². The molecule has 2 nitrogen and oxygen atoms in total. The second-order valence-corrected chi connectivity index (χ2v) is 7.25. The Kier molecular flexibility index (Phi) is 6.13. The fourth-order valence-corrected chi connectivity index (χ4v) is 3.80. The molecular formula is C23H23NOS. The Bertz CT molecular complexity index is 859. The summed E-state index contributed by atoms with van der Waals surface area (Å²) in [6.45, 7) is 4.65. The predicted octanol–water partition coefficient (Wildman–Crippen LogP) is 6.01. The number of carbonyl (C=O) groups is 1. The van der Waals surface area contributed by atoms with Gasteiger partial charge in [0.25, 0.3) is 0 Å². The zero-order chi connectivity index (χ0) is 18.4. The van der Waals surface area contributed by atoms with Gasteiger partial charge in [-0.25, -0.2) is 0 Å². The summed E-state index contributed by atoms with van der Waals surface area (Å²) >= 11 is 1.71. The average Bonchev–Trinajstić information content (AvgIpc) is 2.68. The summed E-state index contributed by atoms with van der Waals surface area (Å²) in [4.78, 5) is 12.6. The summed E-state index contributed by atoms with van der Waals surface area (Å²) < 4.78 is 2.31. The van der Waals surface area contributed by atoms with E-state index in [0.717, 1.165) is 23.4 Å². The maximum Gasteiger partial charge on any atom is 0.159 e. The molecule has 132 valence electrons. The zero-order valence-corrected chi connectivity index (χ0v) is 16.0. The molecule has 3 heteroatoms. The maximum atomic E-state index is 11.5. The van der Waals surface area contributed by atoms with Gasteiger partial charge < -0.3 is 4.31 Å². The molecule has 0 aliphatic rings. The molecule has 0 N–H and O–H groups in total. The summed E-state index contributed by atoms with van der Waals surface area (Å²) in [5.41, 5.74) is 4.61. The van der Waals surface area contributed by atoms with Crippen molar-refractivity contribution in [3.63, 3.8) is 0 Å². The number of para-hydroxylation sites is 1. The fourth-order valence-electron chi connectivity index (χ4n) is 2.88. The van der Waals surface area contributed by atoms with Crippen molar-refractivity contribution >= 4 is 23.4 Å². The number of rotatable bonds is 7. The molecule has 0 atom stereocenters. The molecule has 0 heterocycles. The molecule has 26 heavy (non-hydrogen) atoms. The highest BCUT2D eigenvalue weighted by Crippen LogP contribution is 2.32. The minimum absolute atomic E-state index is 0.0992. The molecule has 3 aromatic carbocycles. The number of hydrogen-bond donors (Lipinski definition) is 0. The van der Waals surface area contributed by atoms with Crippen LogP contribution in [0.25, 0.3) is 0 Å². The van der Waals surface area contributed by atoms with E-state index in [9.17, 15) is 4.79 Å². The Balaban J connectivity index is 1.82. The molecule has 0 aromatic heterocycles. The Morgan fingerprint density at radius 1 is 0.885 bits per heavy atom. The van der Waals surface area contributed by atoms with E-state index in [1.165, 1.54) is 16.8 Å². The van der Waals surface area contributed by atoms with Gasteiger partial charge in [0.15, 0.2) is 5.78 Å². The van der Waals surface area contributed by atoms with Crippen LogP contribution in [0.1, 0.15) is 35.3 Å². The van der Waals surface area contributed by atoms with Gasteiger partial charge in [-0.1, -0.05) is 60.7 Å². The number of carbonyl (C=O) groups excluding carboxylic acids is 1. The first-order valence-electron chi connectivity index (χ1n) is 8.85. The first-order valence-corrected chi connectivity index (χ1v) is 9.63. The molecule has 0 aliphatic heterocycles. The number of ketones is 1. The summed E-state index contributed by atoms with van der Waals surface area (Å²) in [5, 5.41) is 0. The molecule has 0 amide bonds. The van der Waals surface area contributed by atoms with E-state index in [4.69, 9.17) is 0 Å². The van der Waals surface area contributed by atoms with Gasteiger partial charge >= 0.3 is 0 Å². The highest BCUT2D eigenvalue weighted by Gasteiger charge is 2.12. The van der Waals surface area contributed by atoms with Crippen LogP contribution in [-0.4, -0.2) is 12.3 Å². The minimum Gasteiger partial charge on any atom is -0.312 e. The van der Waals surface area contributed by atoms with E-state index in [0.29, 0.717) is 0 Å². The van der Waals surface area contributed by atoms with Crippen LogP contribution in [0.4, 0.5) is 5.69 Å². The maximum absolute atomic E-state index is 11.5. The van der Waals surface area contributed by atoms with Crippen molar-refractivity contribution in [2.24, 2.45) is 0 Å². The van der Waals surface area contributed by atoms with Crippen LogP contribution in [0.3, 0.4) is 0 Å². The lowest BCUT2D eigenvalue weighted by Gasteiger charge is -2.24. The van der Waals surface area contributed by atoms with Crippen LogP contribution < -0.4 is 4.31 Å². The second kappa shape index (κ2) is 8.72. The average molecular weight is 362 g/mol.